The summed E-state index contributed by atoms with van der Waals surface area (Å²) in [6.07, 6.45) is 1.83. The van der Waals surface area contributed by atoms with E-state index in [-0.39, 0.29) is 0 Å². The van der Waals surface area contributed by atoms with E-state index in [1.807, 2.05) is 57.7 Å². The molecule has 5 nitrogen and oxygen atoms in total. The van der Waals surface area contributed by atoms with Crippen LogP contribution in [0.5, 0.6) is 0 Å². The molecule has 0 amide bonds. The second-order valence-electron chi connectivity index (χ2n) is 6.49. The Balaban J connectivity index is 1.70. The number of aromatic nitrogens is 3. The van der Waals surface area contributed by atoms with Gasteiger partial charge in [-0.1, -0.05) is 30.3 Å². The van der Waals surface area contributed by atoms with E-state index in [0.717, 1.165) is 33.9 Å². The minimum absolute atomic E-state index is 0.799. The van der Waals surface area contributed by atoms with E-state index in [9.17, 15) is 0 Å². The molecule has 0 saturated heterocycles. The summed E-state index contributed by atoms with van der Waals surface area (Å²) in [5.74, 6) is 0.799. The third-order valence-corrected chi connectivity index (χ3v) is 4.48. The SMILES string of the molecule is CN(C)c1ccc(-c2cc3c(cn2)nc(Nc2ccccc2)n3C)cc1. The molecule has 0 spiro atoms. The van der Waals surface area contributed by atoms with E-state index in [1.165, 1.54) is 5.69 Å². The lowest BCUT2D eigenvalue weighted by Gasteiger charge is -2.12. The molecule has 5 heteroatoms. The van der Waals surface area contributed by atoms with Crippen molar-refractivity contribution in [3.05, 3.63) is 66.9 Å². The molecule has 0 bridgehead atoms. The molecule has 4 rings (SSSR count). The van der Waals surface area contributed by atoms with Crippen LogP contribution in [0.1, 0.15) is 0 Å². The number of pyridine rings is 1. The smallest absolute Gasteiger partial charge is 0.208 e. The molecule has 0 aliphatic carbocycles. The van der Waals surface area contributed by atoms with E-state index >= 15 is 0 Å². The van der Waals surface area contributed by atoms with Crippen LogP contribution in [0.3, 0.4) is 0 Å². The first-order valence-corrected chi connectivity index (χ1v) is 8.54. The van der Waals surface area contributed by atoms with Crippen LogP contribution in [0.25, 0.3) is 22.3 Å². The van der Waals surface area contributed by atoms with Gasteiger partial charge in [0.05, 0.1) is 17.4 Å². The standard InChI is InChI=1S/C21H21N5/c1-25(2)17-11-9-15(10-12-17)18-13-20-19(14-22-18)24-21(26(20)3)23-16-7-5-4-6-8-16/h4-14H,1-3H3,(H,23,24). The Labute approximate surface area is 152 Å². The first-order chi connectivity index (χ1) is 12.6. The van der Waals surface area contributed by atoms with Gasteiger partial charge in [-0.25, -0.2) is 4.98 Å². The highest BCUT2D eigenvalue weighted by Crippen LogP contribution is 2.26. The van der Waals surface area contributed by atoms with Gasteiger partial charge in [-0.05, 0) is 30.3 Å². The normalized spacial score (nSPS) is 10.9. The number of aryl methyl sites for hydroxylation is 1. The number of nitrogens with zero attached hydrogens (tertiary/aromatic N) is 4. The van der Waals surface area contributed by atoms with Gasteiger partial charge in [0.25, 0.3) is 0 Å². The number of benzene rings is 2. The lowest BCUT2D eigenvalue weighted by atomic mass is 10.1. The van der Waals surface area contributed by atoms with E-state index in [4.69, 9.17) is 0 Å². The van der Waals surface area contributed by atoms with Crippen molar-refractivity contribution in [2.45, 2.75) is 0 Å². The maximum absolute atomic E-state index is 4.66. The molecule has 0 radical (unpaired) electrons. The maximum Gasteiger partial charge on any atom is 0.208 e. The van der Waals surface area contributed by atoms with Crippen LogP contribution in [0.15, 0.2) is 66.9 Å². The second kappa shape index (κ2) is 6.52. The Morgan fingerprint density at radius 1 is 0.962 bits per heavy atom. The van der Waals surface area contributed by atoms with Crippen LogP contribution in [-0.2, 0) is 7.05 Å². The zero-order valence-electron chi connectivity index (χ0n) is 15.1. The van der Waals surface area contributed by atoms with E-state index < -0.39 is 0 Å². The molecule has 0 aliphatic rings. The van der Waals surface area contributed by atoms with E-state index in [1.54, 1.807) is 0 Å². The average Bonchev–Trinajstić information content (AvgIpc) is 2.98. The number of rotatable bonds is 4. The highest BCUT2D eigenvalue weighted by Gasteiger charge is 2.10. The molecule has 2 aromatic carbocycles. The van der Waals surface area contributed by atoms with Gasteiger partial charge in [0, 0.05) is 38.1 Å². The number of hydrogen-bond donors (Lipinski definition) is 1. The Hall–Kier alpha value is -3.34. The predicted molar refractivity (Wildman–Crippen MR) is 108 cm³/mol. The predicted octanol–water partition coefficient (Wildman–Crippen LogP) is 4.44. The lowest BCUT2D eigenvalue weighted by Crippen LogP contribution is -2.07. The van der Waals surface area contributed by atoms with Gasteiger partial charge in [-0.15, -0.1) is 0 Å². The molecule has 0 aliphatic heterocycles. The summed E-state index contributed by atoms with van der Waals surface area (Å²) >= 11 is 0. The van der Waals surface area contributed by atoms with Crippen molar-refractivity contribution in [2.75, 3.05) is 24.3 Å². The number of hydrogen-bond acceptors (Lipinski definition) is 4. The zero-order valence-corrected chi connectivity index (χ0v) is 15.1. The monoisotopic (exact) mass is 343 g/mol. The molecule has 0 fully saturated rings. The minimum Gasteiger partial charge on any atom is -0.378 e. The largest absolute Gasteiger partial charge is 0.378 e. The average molecular weight is 343 g/mol. The van der Waals surface area contributed by atoms with Gasteiger partial charge in [-0.2, -0.15) is 0 Å². The molecule has 26 heavy (non-hydrogen) atoms. The molecule has 0 unspecified atom stereocenters. The van der Waals surface area contributed by atoms with Crippen molar-refractivity contribution in [2.24, 2.45) is 7.05 Å². The van der Waals surface area contributed by atoms with Gasteiger partial charge in [0.2, 0.25) is 5.95 Å². The van der Waals surface area contributed by atoms with Crippen molar-refractivity contribution in [1.29, 1.82) is 0 Å². The summed E-state index contributed by atoms with van der Waals surface area (Å²) < 4.78 is 2.06. The molecule has 1 N–H and O–H groups in total. The highest BCUT2D eigenvalue weighted by atomic mass is 15.2. The summed E-state index contributed by atoms with van der Waals surface area (Å²) in [7, 11) is 6.09. The first-order valence-electron chi connectivity index (χ1n) is 8.54. The summed E-state index contributed by atoms with van der Waals surface area (Å²) in [4.78, 5) is 11.3. The van der Waals surface area contributed by atoms with Crippen LogP contribution >= 0.6 is 0 Å². The van der Waals surface area contributed by atoms with E-state index in [2.05, 4.69) is 55.1 Å². The van der Waals surface area contributed by atoms with Crippen molar-refractivity contribution in [3.63, 3.8) is 0 Å². The van der Waals surface area contributed by atoms with Crippen LogP contribution < -0.4 is 10.2 Å². The topological polar surface area (TPSA) is 46.0 Å². The third kappa shape index (κ3) is 2.99. The molecule has 0 saturated carbocycles. The number of fused-ring (bicyclic) bond motifs is 1. The quantitative estimate of drug-likeness (QED) is 0.595. The van der Waals surface area contributed by atoms with E-state index in [0.29, 0.717) is 0 Å². The summed E-state index contributed by atoms with van der Waals surface area (Å²) in [5.41, 5.74) is 6.14. The highest BCUT2D eigenvalue weighted by molar-refractivity contribution is 5.82. The van der Waals surface area contributed by atoms with Crippen LogP contribution in [0.4, 0.5) is 17.3 Å². The van der Waals surface area contributed by atoms with Gasteiger partial charge in [-0.3, -0.25) is 4.98 Å². The molecule has 0 atom stereocenters. The Kier molecular flexibility index (Phi) is 4.05. The molecular formula is C21H21N5. The second-order valence-corrected chi connectivity index (χ2v) is 6.49. The molecular weight excluding hydrogens is 322 g/mol. The van der Waals surface area contributed by atoms with Crippen LogP contribution in [0, 0.1) is 0 Å². The van der Waals surface area contributed by atoms with Crippen LogP contribution in [0.2, 0.25) is 0 Å². The minimum atomic E-state index is 0.799. The van der Waals surface area contributed by atoms with Crippen LogP contribution in [-0.4, -0.2) is 28.6 Å². The number of para-hydroxylation sites is 1. The molecule has 2 heterocycles. The molecule has 2 aromatic heterocycles. The van der Waals surface area contributed by atoms with Gasteiger partial charge >= 0.3 is 0 Å². The third-order valence-electron chi connectivity index (χ3n) is 4.48. The van der Waals surface area contributed by atoms with Gasteiger partial charge in [0.1, 0.15) is 5.52 Å². The van der Waals surface area contributed by atoms with Crippen molar-refractivity contribution >= 4 is 28.4 Å². The Morgan fingerprint density at radius 3 is 2.38 bits per heavy atom. The molecule has 4 aromatic rings. The summed E-state index contributed by atoms with van der Waals surface area (Å²) in [5, 5.41) is 3.36. The van der Waals surface area contributed by atoms with Crippen molar-refractivity contribution in [3.8, 4) is 11.3 Å². The maximum atomic E-state index is 4.66. The summed E-state index contributed by atoms with van der Waals surface area (Å²) in [6, 6.07) is 20.5. The summed E-state index contributed by atoms with van der Waals surface area (Å²) in [6.45, 7) is 0. The number of anilines is 3. The van der Waals surface area contributed by atoms with Crippen molar-refractivity contribution < 1.29 is 0 Å². The van der Waals surface area contributed by atoms with Gasteiger partial charge in [0.15, 0.2) is 0 Å². The number of nitrogens with one attached hydrogen (secondary N) is 1. The number of imidazole rings is 1. The Bertz CT molecular complexity index is 1030. The Morgan fingerprint density at radius 2 is 1.69 bits per heavy atom. The molecule has 130 valence electrons. The zero-order chi connectivity index (χ0) is 18.1. The van der Waals surface area contributed by atoms with Crippen molar-refractivity contribution in [1.82, 2.24) is 14.5 Å². The van der Waals surface area contributed by atoms with Gasteiger partial charge < -0.3 is 14.8 Å². The fourth-order valence-corrected chi connectivity index (χ4v) is 2.95. The lowest BCUT2D eigenvalue weighted by molar-refractivity contribution is 0.958. The fraction of sp³-hybridized carbons (Fsp3) is 0.143. The first kappa shape index (κ1) is 16.1. The fourth-order valence-electron chi connectivity index (χ4n) is 2.95.